The van der Waals surface area contributed by atoms with Crippen molar-refractivity contribution in [3.63, 3.8) is 0 Å². The first-order valence-electron chi connectivity index (χ1n) is 8.00. The fourth-order valence-corrected chi connectivity index (χ4v) is 3.16. The first kappa shape index (κ1) is 18.1. The smallest absolute Gasteiger partial charge is 0.311 e. The number of nitrogens with zero attached hydrogens (tertiary/aromatic N) is 2. The van der Waals surface area contributed by atoms with Gasteiger partial charge in [0.2, 0.25) is 5.91 Å². The molecule has 1 aromatic heterocycles. The zero-order chi connectivity index (χ0) is 17.6. The van der Waals surface area contributed by atoms with Crippen LogP contribution in [0.25, 0.3) is 0 Å². The molecule has 2 heterocycles. The number of ether oxygens (including phenoxy) is 1. The van der Waals surface area contributed by atoms with E-state index in [9.17, 15) is 19.5 Å². The Morgan fingerprint density at radius 3 is 2.96 bits per heavy atom. The Morgan fingerprint density at radius 1 is 1.50 bits per heavy atom. The third-order valence-corrected chi connectivity index (χ3v) is 4.52. The topological polar surface area (TPSA) is 113 Å². The Bertz CT molecular complexity index is 645. The van der Waals surface area contributed by atoms with E-state index in [1.165, 1.54) is 12.5 Å². The van der Waals surface area contributed by atoms with Crippen LogP contribution in [0.1, 0.15) is 31.2 Å². The van der Waals surface area contributed by atoms with E-state index in [1.54, 1.807) is 12.0 Å². The molecule has 24 heavy (non-hydrogen) atoms. The lowest BCUT2D eigenvalue weighted by molar-refractivity contribution is -0.155. The average Bonchev–Trinajstić information content (AvgIpc) is 2.57. The summed E-state index contributed by atoms with van der Waals surface area (Å²) in [6.07, 6.45) is 4.83. The molecule has 1 saturated heterocycles. The lowest BCUT2D eigenvalue weighted by Gasteiger charge is -2.40. The molecule has 1 aliphatic rings. The number of rotatable bonds is 7. The number of likely N-dealkylation sites (tertiary alicyclic amines) is 1. The van der Waals surface area contributed by atoms with Crippen LogP contribution in [0.3, 0.4) is 0 Å². The van der Waals surface area contributed by atoms with Gasteiger partial charge in [0, 0.05) is 38.6 Å². The van der Waals surface area contributed by atoms with Crippen LogP contribution in [0.4, 0.5) is 0 Å². The number of piperidine rings is 1. The van der Waals surface area contributed by atoms with Crippen molar-refractivity contribution in [3.8, 4) is 0 Å². The van der Waals surface area contributed by atoms with Crippen molar-refractivity contribution < 1.29 is 19.4 Å². The van der Waals surface area contributed by atoms with E-state index in [4.69, 9.17) is 4.74 Å². The number of hydrogen-bond acceptors (Lipinski definition) is 5. The van der Waals surface area contributed by atoms with Gasteiger partial charge in [0.25, 0.3) is 5.56 Å². The molecule has 1 amide bonds. The highest BCUT2D eigenvalue weighted by Gasteiger charge is 2.43. The molecule has 0 bridgehead atoms. The molecular weight excluding hydrogens is 314 g/mol. The lowest BCUT2D eigenvalue weighted by Crippen LogP contribution is -2.50. The van der Waals surface area contributed by atoms with Crippen LogP contribution in [0, 0.1) is 5.41 Å². The molecule has 0 aliphatic carbocycles. The summed E-state index contributed by atoms with van der Waals surface area (Å²) in [5, 5.41) is 9.68. The largest absolute Gasteiger partial charge is 0.481 e. The van der Waals surface area contributed by atoms with Crippen molar-refractivity contribution in [1.82, 2.24) is 14.9 Å². The molecule has 0 spiro atoms. The summed E-state index contributed by atoms with van der Waals surface area (Å²) in [5.41, 5.74) is -0.998. The number of nitrogens with one attached hydrogen (secondary N) is 1. The van der Waals surface area contributed by atoms with Crippen LogP contribution in [0.2, 0.25) is 0 Å². The van der Waals surface area contributed by atoms with Crippen LogP contribution in [-0.4, -0.2) is 58.7 Å². The van der Waals surface area contributed by atoms with Gasteiger partial charge in [-0.25, -0.2) is 4.98 Å². The van der Waals surface area contributed by atoms with E-state index >= 15 is 0 Å². The van der Waals surface area contributed by atoms with Crippen molar-refractivity contribution in [3.05, 3.63) is 28.4 Å². The molecule has 2 N–H and O–H groups in total. The third-order valence-electron chi connectivity index (χ3n) is 4.52. The maximum atomic E-state index is 12.5. The van der Waals surface area contributed by atoms with E-state index in [-0.39, 0.29) is 30.0 Å². The first-order valence-corrected chi connectivity index (χ1v) is 8.00. The Morgan fingerprint density at radius 2 is 2.29 bits per heavy atom. The van der Waals surface area contributed by atoms with Crippen molar-refractivity contribution >= 4 is 11.9 Å². The molecule has 132 valence electrons. The summed E-state index contributed by atoms with van der Waals surface area (Å²) in [7, 11) is 1.58. The molecule has 1 aromatic rings. The van der Waals surface area contributed by atoms with Gasteiger partial charge in [-0.15, -0.1) is 0 Å². The number of methoxy groups -OCH3 is 1. The zero-order valence-electron chi connectivity index (χ0n) is 13.8. The van der Waals surface area contributed by atoms with E-state index in [2.05, 4.69) is 9.97 Å². The van der Waals surface area contributed by atoms with Gasteiger partial charge in [0.1, 0.15) is 0 Å². The molecule has 0 saturated carbocycles. The Hall–Kier alpha value is -2.22. The molecular formula is C16H23N3O5. The molecule has 8 nitrogen and oxygen atoms in total. The predicted octanol–water partition coefficient (Wildman–Crippen LogP) is 0.432. The summed E-state index contributed by atoms with van der Waals surface area (Å²) in [4.78, 5) is 43.8. The summed E-state index contributed by atoms with van der Waals surface area (Å²) in [6.45, 7) is 1.17. The lowest BCUT2D eigenvalue weighted by atomic mass is 9.76. The quantitative estimate of drug-likeness (QED) is 0.698. The minimum Gasteiger partial charge on any atom is -0.481 e. The number of aromatic amines is 1. The molecule has 2 rings (SSSR count). The second-order valence-corrected chi connectivity index (χ2v) is 6.18. The van der Waals surface area contributed by atoms with E-state index in [1.807, 2.05) is 0 Å². The molecule has 0 aromatic carbocycles. The number of carboxylic acid groups (broad SMARTS) is 1. The zero-order valence-corrected chi connectivity index (χ0v) is 13.8. The van der Waals surface area contributed by atoms with Crippen molar-refractivity contribution in [2.24, 2.45) is 5.41 Å². The monoisotopic (exact) mass is 337 g/mol. The van der Waals surface area contributed by atoms with Gasteiger partial charge >= 0.3 is 5.97 Å². The SMILES string of the molecule is COCCCC1(C(=O)O)CCCN(C(=O)Cc2cnc[nH]c2=O)C1. The normalized spacial score (nSPS) is 20.8. The second-order valence-electron chi connectivity index (χ2n) is 6.18. The number of H-pyrrole nitrogens is 1. The van der Waals surface area contributed by atoms with Gasteiger partial charge in [-0.1, -0.05) is 0 Å². The van der Waals surface area contributed by atoms with Crippen molar-refractivity contribution in [2.45, 2.75) is 32.1 Å². The minimum atomic E-state index is -0.937. The molecule has 1 fully saturated rings. The van der Waals surface area contributed by atoms with Gasteiger partial charge in [-0.05, 0) is 25.7 Å². The standard InChI is InChI=1S/C16H23N3O5/c1-24-7-3-5-16(15(22)23)4-2-6-19(10-16)13(20)8-12-9-17-11-18-14(12)21/h9,11H,2-8,10H2,1H3,(H,22,23)(H,17,18,21). The van der Waals surface area contributed by atoms with Crippen LogP contribution in [-0.2, 0) is 20.7 Å². The maximum Gasteiger partial charge on any atom is 0.311 e. The van der Waals surface area contributed by atoms with Crippen LogP contribution >= 0.6 is 0 Å². The number of carboxylic acids is 1. The molecule has 1 aliphatic heterocycles. The predicted molar refractivity (Wildman–Crippen MR) is 85.6 cm³/mol. The summed E-state index contributed by atoms with van der Waals surface area (Å²) < 4.78 is 5.01. The average molecular weight is 337 g/mol. The van der Waals surface area contributed by atoms with Gasteiger partial charge in [-0.2, -0.15) is 0 Å². The third kappa shape index (κ3) is 4.19. The van der Waals surface area contributed by atoms with E-state index in [0.29, 0.717) is 38.8 Å². The number of amides is 1. The van der Waals surface area contributed by atoms with E-state index < -0.39 is 11.4 Å². The number of hydrogen-bond donors (Lipinski definition) is 2. The summed E-state index contributed by atoms with van der Waals surface area (Å²) >= 11 is 0. The van der Waals surface area contributed by atoms with Crippen molar-refractivity contribution in [2.75, 3.05) is 26.8 Å². The first-order chi connectivity index (χ1) is 11.5. The highest BCUT2D eigenvalue weighted by atomic mass is 16.5. The highest BCUT2D eigenvalue weighted by molar-refractivity contribution is 5.81. The fourth-order valence-electron chi connectivity index (χ4n) is 3.16. The molecule has 0 radical (unpaired) electrons. The van der Waals surface area contributed by atoms with Crippen molar-refractivity contribution in [1.29, 1.82) is 0 Å². The van der Waals surface area contributed by atoms with Gasteiger partial charge in [-0.3, -0.25) is 14.4 Å². The second kappa shape index (κ2) is 8.05. The van der Waals surface area contributed by atoms with Gasteiger partial charge < -0.3 is 19.7 Å². The number of aromatic nitrogens is 2. The fraction of sp³-hybridized carbons (Fsp3) is 0.625. The van der Waals surface area contributed by atoms with Gasteiger partial charge in [0.05, 0.1) is 18.2 Å². The van der Waals surface area contributed by atoms with Crippen LogP contribution in [0.5, 0.6) is 0 Å². The van der Waals surface area contributed by atoms with Gasteiger partial charge in [0.15, 0.2) is 0 Å². The number of aliphatic carboxylic acids is 1. The maximum absolute atomic E-state index is 12.5. The number of carbonyl (C=O) groups is 2. The summed E-state index contributed by atoms with van der Waals surface area (Å²) in [5.74, 6) is -1.12. The van der Waals surface area contributed by atoms with Crippen LogP contribution < -0.4 is 5.56 Å². The van der Waals surface area contributed by atoms with E-state index in [0.717, 1.165) is 0 Å². The Balaban J connectivity index is 2.07. The summed E-state index contributed by atoms with van der Waals surface area (Å²) in [6, 6.07) is 0. The minimum absolute atomic E-state index is 0.0725. The van der Waals surface area contributed by atoms with Crippen LogP contribution in [0.15, 0.2) is 17.3 Å². The number of carbonyl (C=O) groups excluding carboxylic acids is 1. The highest BCUT2D eigenvalue weighted by Crippen LogP contribution is 2.35. The molecule has 1 unspecified atom stereocenters. The molecule has 1 atom stereocenters. The Labute approximate surface area is 139 Å². The Kier molecular flexibility index (Phi) is 6.08. The molecule has 8 heteroatoms.